The van der Waals surface area contributed by atoms with E-state index in [9.17, 15) is 19.5 Å². The predicted octanol–water partition coefficient (Wildman–Crippen LogP) is 0.000400. The third kappa shape index (κ3) is 3.28. The average Bonchev–Trinajstić information content (AvgIpc) is 3.08. The van der Waals surface area contributed by atoms with Crippen LogP contribution in [-0.2, 0) is 19.2 Å². The Morgan fingerprint density at radius 1 is 1.59 bits per heavy atom. The molecule has 2 aliphatic heterocycles. The number of carbonyl (C=O) groups is 3. The van der Waals surface area contributed by atoms with E-state index in [-0.39, 0.29) is 16.5 Å². The van der Waals surface area contributed by atoms with Crippen LogP contribution in [0.1, 0.15) is 4.88 Å². The van der Waals surface area contributed by atoms with Gasteiger partial charge in [0.05, 0.1) is 4.88 Å². The van der Waals surface area contributed by atoms with E-state index in [1.165, 1.54) is 31.1 Å². The second kappa shape index (κ2) is 7.40. The Labute approximate surface area is 161 Å². The van der Waals surface area contributed by atoms with Crippen molar-refractivity contribution in [2.24, 2.45) is 5.16 Å². The first kappa shape index (κ1) is 18.9. The average molecular weight is 409 g/mol. The quantitative estimate of drug-likeness (QED) is 0.338. The Balaban J connectivity index is 1.80. The number of thiazole rings is 1. The normalized spacial score (nSPS) is 22.0. The number of nitrogens with two attached hydrogens (primary N) is 1. The third-order valence-corrected chi connectivity index (χ3v) is 6.02. The zero-order chi connectivity index (χ0) is 19.7. The van der Waals surface area contributed by atoms with Crippen LogP contribution in [0.25, 0.3) is 0 Å². The number of aromatic nitrogens is 1. The molecule has 142 valence electrons. The van der Waals surface area contributed by atoms with Gasteiger partial charge in [-0.1, -0.05) is 29.1 Å². The van der Waals surface area contributed by atoms with Crippen LogP contribution >= 0.6 is 23.1 Å². The number of nitrogens with zero attached hydrogens (tertiary/aromatic N) is 3. The minimum absolute atomic E-state index is 0.0699. The number of oxime groups is 1. The summed E-state index contributed by atoms with van der Waals surface area (Å²) in [6, 6.07) is -0.879. The summed E-state index contributed by atoms with van der Waals surface area (Å²) < 4.78 is 0. The Kier molecular flexibility index (Phi) is 5.19. The van der Waals surface area contributed by atoms with Gasteiger partial charge in [-0.25, -0.2) is 9.78 Å². The summed E-state index contributed by atoms with van der Waals surface area (Å²) in [6.07, 6.45) is 2.80. The molecule has 3 heterocycles. The van der Waals surface area contributed by atoms with Gasteiger partial charge in [-0.05, 0) is 5.57 Å². The molecule has 1 saturated heterocycles. The SMILES string of the molecule is C=CC1=C(C(=O)O)N2C(=O)C(NC(=O)C(=NOC)c3cnc(N)s3)[C@@H]2SC1. The number of β-lactam (4-membered cyclic amide) rings is 1. The minimum atomic E-state index is -1.21. The zero-order valence-corrected chi connectivity index (χ0v) is 15.7. The maximum Gasteiger partial charge on any atom is 0.352 e. The van der Waals surface area contributed by atoms with Gasteiger partial charge in [-0.2, -0.15) is 0 Å². The topological polar surface area (TPSA) is 147 Å². The van der Waals surface area contributed by atoms with Gasteiger partial charge < -0.3 is 21.0 Å². The summed E-state index contributed by atoms with van der Waals surface area (Å²) in [5, 5.41) is 15.4. The number of carboxylic acid groups (broad SMARTS) is 1. The highest BCUT2D eigenvalue weighted by atomic mass is 32.2. The fourth-order valence-electron chi connectivity index (χ4n) is 2.70. The van der Waals surface area contributed by atoms with E-state index in [4.69, 9.17) is 10.6 Å². The number of amides is 2. The largest absolute Gasteiger partial charge is 0.477 e. The molecule has 0 aliphatic carbocycles. The van der Waals surface area contributed by atoms with Crippen LogP contribution in [0.2, 0.25) is 0 Å². The van der Waals surface area contributed by atoms with Crippen molar-refractivity contribution in [2.75, 3.05) is 18.6 Å². The van der Waals surface area contributed by atoms with Crippen LogP contribution < -0.4 is 11.1 Å². The van der Waals surface area contributed by atoms with Gasteiger partial charge in [0.1, 0.15) is 24.2 Å². The molecule has 0 saturated carbocycles. The molecule has 2 amide bonds. The molecule has 0 radical (unpaired) electrons. The summed E-state index contributed by atoms with van der Waals surface area (Å²) in [7, 11) is 1.28. The molecule has 27 heavy (non-hydrogen) atoms. The first-order valence-electron chi connectivity index (χ1n) is 7.56. The molecule has 3 rings (SSSR count). The van der Waals surface area contributed by atoms with Crippen LogP contribution in [-0.4, -0.2) is 62.8 Å². The summed E-state index contributed by atoms with van der Waals surface area (Å²) >= 11 is 2.39. The van der Waals surface area contributed by atoms with Gasteiger partial charge in [-0.3, -0.25) is 14.5 Å². The van der Waals surface area contributed by atoms with E-state index < -0.39 is 29.2 Å². The molecule has 1 unspecified atom stereocenters. The molecule has 2 aliphatic rings. The smallest absolute Gasteiger partial charge is 0.352 e. The first-order chi connectivity index (χ1) is 12.9. The van der Waals surface area contributed by atoms with E-state index in [0.29, 0.717) is 16.2 Å². The Bertz CT molecular complexity index is 893. The maximum atomic E-state index is 12.6. The molecule has 4 N–H and O–H groups in total. The van der Waals surface area contributed by atoms with Crippen LogP contribution in [0.5, 0.6) is 0 Å². The fourth-order valence-corrected chi connectivity index (χ4v) is 4.70. The second-order valence-corrected chi connectivity index (χ2v) is 7.60. The lowest BCUT2D eigenvalue weighted by atomic mass is 10.0. The molecule has 1 fully saturated rings. The standard InChI is InChI=1S/C15H15N5O5S2/c1-3-6-5-26-13-9(12(22)20(13)10(6)14(23)24)18-11(21)8(19-25-2)7-4-17-15(16)27-7/h3-4,9,13H,1,5H2,2H3,(H2,16,17)(H,18,21)(H,23,24)/t9?,13-/m0/s1. The number of fused-ring (bicyclic) bond motifs is 1. The number of hydrogen-bond acceptors (Lipinski definition) is 9. The summed E-state index contributed by atoms with van der Waals surface area (Å²) in [5.41, 5.74) is 5.86. The molecular weight excluding hydrogens is 394 g/mol. The molecule has 0 spiro atoms. The monoisotopic (exact) mass is 409 g/mol. The van der Waals surface area contributed by atoms with E-state index in [0.717, 1.165) is 16.2 Å². The fraction of sp³-hybridized carbons (Fsp3) is 0.267. The lowest BCUT2D eigenvalue weighted by Crippen LogP contribution is -2.71. The van der Waals surface area contributed by atoms with E-state index >= 15 is 0 Å². The highest BCUT2D eigenvalue weighted by Crippen LogP contribution is 2.40. The van der Waals surface area contributed by atoms with Gasteiger partial charge in [0.15, 0.2) is 10.8 Å². The Hall–Kier alpha value is -2.86. The molecule has 0 bridgehead atoms. The van der Waals surface area contributed by atoms with Gasteiger partial charge in [-0.15, -0.1) is 11.8 Å². The predicted molar refractivity (Wildman–Crippen MR) is 100.0 cm³/mol. The van der Waals surface area contributed by atoms with Crippen molar-refractivity contribution in [1.29, 1.82) is 0 Å². The van der Waals surface area contributed by atoms with Crippen LogP contribution in [0.15, 0.2) is 35.3 Å². The molecule has 1 aromatic rings. The lowest BCUT2D eigenvalue weighted by Gasteiger charge is -2.49. The van der Waals surface area contributed by atoms with Crippen molar-refractivity contribution in [1.82, 2.24) is 15.2 Å². The van der Waals surface area contributed by atoms with Gasteiger partial charge in [0.25, 0.3) is 11.8 Å². The van der Waals surface area contributed by atoms with Crippen molar-refractivity contribution in [3.05, 3.63) is 35.0 Å². The highest BCUT2D eigenvalue weighted by molar-refractivity contribution is 8.00. The zero-order valence-electron chi connectivity index (χ0n) is 14.0. The number of hydrogen-bond donors (Lipinski definition) is 3. The number of carboxylic acids is 1. The van der Waals surface area contributed by atoms with Crippen molar-refractivity contribution < 1.29 is 24.3 Å². The number of carbonyl (C=O) groups excluding carboxylic acids is 2. The molecule has 12 heteroatoms. The molecule has 0 aromatic carbocycles. The molecule has 1 aromatic heterocycles. The van der Waals surface area contributed by atoms with E-state index in [1.54, 1.807) is 0 Å². The number of thioether (sulfide) groups is 1. The van der Waals surface area contributed by atoms with E-state index in [1.807, 2.05) is 0 Å². The number of nitrogen functional groups attached to an aromatic ring is 1. The number of rotatable bonds is 6. The number of allylic oxidation sites excluding steroid dienone is 1. The van der Waals surface area contributed by atoms with Gasteiger partial charge in [0.2, 0.25) is 0 Å². The van der Waals surface area contributed by atoms with Crippen molar-refractivity contribution in [3.63, 3.8) is 0 Å². The molecule has 2 atom stereocenters. The highest BCUT2D eigenvalue weighted by Gasteiger charge is 2.54. The third-order valence-electron chi connectivity index (χ3n) is 3.89. The van der Waals surface area contributed by atoms with Crippen molar-refractivity contribution in [2.45, 2.75) is 11.4 Å². The maximum absolute atomic E-state index is 12.6. The van der Waals surface area contributed by atoms with Crippen LogP contribution in [0.3, 0.4) is 0 Å². The number of aliphatic carboxylic acids is 1. The van der Waals surface area contributed by atoms with Crippen molar-refractivity contribution in [3.8, 4) is 0 Å². The molecule has 10 nitrogen and oxygen atoms in total. The lowest BCUT2D eigenvalue weighted by molar-refractivity contribution is -0.150. The van der Waals surface area contributed by atoms with Crippen molar-refractivity contribution >= 4 is 51.7 Å². The van der Waals surface area contributed by atoms with Crippen LogP contribution in [0, 0.1) is 0 Å². The van der Waals surface area contributed by atoms with Crippen LogP contribution in [0.4, 0.5) is 5.13 Å². The Morgan fingerprint density at radius 3 is 2.89 bits per heavy atom. The summed E-state index contributed by atoms with van der Waals surface area (Å²) in [5.74, 6) is -2.00. The number of anilines is 1. The van der Waals surface area contributed by atoms with Gasteiger partial charge >= 0.3 is 5.97 Å². The molecular formula is C15H15N5O5S2. The second-order valence-electron chi connectivity index (χ2n) is 5.43. The Morgan fingerprint density at radius 2 is 2.33 bits per heavy atom. The minimum Gasteiger partial charge on any atom is -0.477 e. The first-order valence-corrected chi connectivity index (χ1v) is 9.42. The van der Waals surface area contributed by atoms with Gasteiger partial charge in [0, 0.05) is 11.9 Å². The number of nitrogens with one attached hydrogen (secondary N) is 1. The van der Waals surface area contributed by atoms with E-state index in [2.05, 4.69) is 22.0 Å². The summed E-state index contributed by atoms with van der Waals surface area (Å²) in [4.78, 5) is 46.7. The summed E-state index contributed by atoms with van der Waals surface area (Å²) in [6.45, 7) is 3.59.